The van der Waals surface area contributed by atoms with E-state index >= 15 is 0 Å². The number of nitrogens with one attached hydrogen (secondary N) is 1. The Labute approximate surface area is 176 Å². The number of benzene rings is 1. The largest absolute Gasteiger partial charge is 0.487 e. The minimum absolute atomic E-state index is 0.0123. The number of piperidine rings is 1. The summed E-state index contributed by atoms with van der Waals surface area (Å²) in [5, 5.41) is 4.61. The molecule has 4 nitrogen and oxygen atoms in total. The summed E-state index contributed by atoms with van der Waals surface area (Å²) >= 11 is 17.1. The van der Waals surface area contributed by atoms with E-state index in [0.29, 0.717) is 39.7 Å². The van der Waals surface area contributed by atoms with Crippen molar-refractivity contribution in [3.05, 3.63) is 33.8 Å². The van der Waals surface area contributed by atoms with Crippen molar-refractivity contribution in [1.82, 2.24) is 10.2 Å². The molecule has 148 valence electrons. The van der Waals surface area contributed by atoms with Gasteiger partial charge in [0.05, 0.1) is 17.2 Å². The van der Waals surface area contributed by atoms with Crippen molar-refractivity contribution in [3.63, 3.8) is 0 Å². The number of amides is 1. The van der Waals surface area contributed by atoms with Gasteiger partial charge in [-0.1, -0.05) is 29.6 Å². The quantitative estimate of drug-likeness (QED) is 0.665. The molecule has 1 saturated carbocycles. The molecule has 1 saturated heterocycles. The first-order valence-electron chi connectivity index (χ1n) is 9.51. The molecule has 0 bridgehead atoms. The maximum absolute atomic E-state index is 12.6. The molecule has 0 atom stereocenters. The summed E-state index contributed by atoms with van der Waals surface area (Å²) in [7, 11) is 0. The van der Waals surface area contributed by atoms with Gasteiger partial charge in [0.2, 0.25) is 0 Å². The van der Waals surface area contributed by atoms with Crippen LogP contribution in [0.3, 0.4) is 0 Å². The molecular formula is C20H26Cl2N2O2S. The van der Waals surface area contributed by atoms with Gasteiger partial charge in [-0.2, -0.15) is 0 Å². The maximum Gasteiger partial charge on any atom is 0.252 e. The normalized spacial score (nSPS) is 25.5. The van der Waals surface area contributed by atoms with E-state index < -0.39 is 0 Å². The SMILES string of the molecule is CC(=S)OCC1CC(CNC(=O)c2ccc(Cl)cc2Cl)(N2CCCCC2)C1. The molecule has 0 unspecified atom stereocenters. The zero-order valence-corrected chi connectivity index (χ0v) is 17.9. The summed E-state index contributed by atoms with van der Waals surface area (Å²) in [6.45, 7) is 5.29. The fourth-order valence-electron chi connectivity index (χ4n) is 4.26. The molecular weight excluding hydrogens is 403 g/mol. The van der Waals surface area contributed by atoms with E-state index in [1.807, 2.05) is 6.92 Å². The zero-order chi connectivity index (χ0) is 19.4. The first-order valence-corrected chi connectivity index (χ1v) is 10.7. The lowest BCUT2D eigenvalue weighted by Gasteiger charge is -2.55. The molecule has 1 aliphatic heterocycles. The lowest BCUT2D eigenvalue weighted by molar-refractivity contribution is -0.0480. The van der Waals surface area contributed by atoms with Gasteiger partial charge in [-0.15, -0.1) is 0 Å². The predicted molar refractivity (Wildman–Crippen MR) is 114 cm³/mol. The fraction of sp³-hybridized carbons (Fsp3) is 0.600. The lowest BCUT2D eigenvalue weighted by atomic mass is 9.66. The number of hydrogen-bond acceptors (Lipinski definition) is 4. The van der Waals surface area contributed by atoms with Gasteiger partial charge >= 0.3 is 0 Å². The Bertz CT molecular complexity index is 701. The molecule has 7 heteroatoms. The van der Waals surface area contributed by atoms with Crippen molar-refractivity contribution in [2.24, 2.45) is 5.92 Å². The van der Waals surface area contributed by atoms with Crippen LogP contribution in [0.2, 0.25) is 10.0 Å². The second-order valence-corrected chi connectivity index (χ2v) is 9.07. The molecule has 2 fully saturated rings. The Morgan fingerprint density at radius 1 is 1.30 bits per heavy atom. The second-order valence-electron chi connectivity index (χ2n) is 7.66. The number of hydrogen-bond donors (Lipinski definition) is 1. The summed E-state index contributed by atoms with van der Waals surface area (Å²) in [5.74, 6) is 0.336. The van der Waals surface area contributed by atoms with Gasteiger partial charge in [0.25, 0.3) is 5.91 Å². The number of likely N-dealkylation sites (tertiary alicyclic amines) is 1. The number of carbonyl (C=O) groups excluding carboxylic acids is 1. The Balaban J connectivity index is 1.63. The molecule has 1 amide bonds. The van der Waals surface area contributed by atoms with Crippen LogP contribution >= 0.6 is 35.4 Å². The van der Waals surface area contributed by atoms with Crippen LogP contribution in [-0.2, 0) is 4.74 Å². The highest BCUT2D eigenvalue weighted by molar-refractivity contribution is 7.80. The van der Waals surface area contributed by atoms with Crippen LogP contribution < -0.4 is 5.32 Å². The third-order valence-corrected chi connectivity index (χ3v) is 6.31. The average molecular weight is 429 g/mol. The van der Waals surface area contributed by atoms with Crippen LogP contribution in [0.5, 0.6) is 0 Å². The smallest absolute Gasteiger partial charge is 0.252 e. The van der Waals surface area contributed by atoms with Crippen LogP contribution in [-0.4, -0.2) is 47.6 Å². The van der Waals surface area contributed by atoms with Crippen LogP contribution in [0, 0.1) is 5.92 Å². The Kier molecular flexibility index (Phi) is 7.01. The summed E-state index contributed by atoms with van der Waals surface area (Å²) in [6.07, 6.45) is 5.77. The molecule has 0 spiro atoms. The average Bonchev–Trinajstić information content (AvgIpc) is 2.60. The lowest BCUT2D eigenvalue weighted by Crippen LogP contribution is -2.64. The van der Waals surface area contributed by atoms with Crippen molar-refractivity contribution < 1.29 is 9.53 Å². The third-order valence-electron chi connectivity index (χ3n) is 5.64. The molecule has 1 N–H and O–H groups in total. The standard InChI is InChI=1S/C20H26Cl2N2O2S/c1-14(27)26-12-15-10-20(11-15,24-7-3-2-4-8-24)13-23-19(25)17-6-5-16(21)9-18(17)22/h5-6,9,15H,2-4,7-8,10-13H2,1H3,(H,23,25). The van der Waals surface area contributed by atoms with E-state index in [2.05, 4.69) is 10.2 Å². The van der Waals surface area contributed by atoms with Gasteiger partial charge in [0, 0.05) is 24.0 Å². The number of thiocarbonyl (C=S) groups is 1. The molecule has 27 heavy (non-hydrogen) atoms. The van der Waals surface area contributed by atoms with Crippen molar-refractivity contribution in [1.29, 1.82) is 0 Å². The maximum atomic E-state index is 12.6. The van der Waals surface area contributed by atoms with Crippen molar-refractivity contribution in [2.45, 2.75) is 44.6 Å². The van der Waals surface area contributed by atoms with E-state index in [4.69, 9.17) is 40.2 Å². The molecule has 3 rings (SSSR count). The molecule has 1 aromatic carbocycles. The van der Waals surface area contributed by atoms with Crippen molar-refractivity contribution in [3.8, 4) is 0 Å². The van der Waals surface area contributed by atoms with Crippen molar-refractivity contribution >= 4 is 46.4 Å². The molecule has 1 heterocycles. The number of nitrogens with zero attached hydrogens (tertiary/aromatic N) is 1. The van der Waals surface area contributed by atoms with E-state index in [1.54, 1.807) is 18.2 Å². The van der Waals surface area contributed by atoms with Crippen LogP contribution in [0.1, 0.15) is 49.4 Å². The molecule has 2 aliphatic rings. The first kappa shape index (κ1) is 20.8. The summed E-state index contributed by atoms with van der Waals surface area (Å²) in [5.41, 5.74) is 0.476. The predicted octanol–water partition coefficient (Wildman–Crippen LogP) is 4.72. The topological polar surface area (TPSA) is 41.6 Å². The zero-order valence-electron chi connectivity index (χ0n) is 15.6. The highest BCUT2D eigenvalue weighted by Crippen LogP contribution is 2.43. The van der Waals surface area contributed by atoms with Crippen LogP contribution in [0.15, 0.2) is 18.2 Å². The van der Waals surface area contributed by atoms with Gasteiger partial charge in [0.15, 0.2) is 5.05 Å². The summed E-state index contributed by atoms with van der Waals surface area (Å²) in [4.78, 5) is 15.2. The Morgan fingerprint density at radius 2 is 2.00 bits per heavy atom. The minimum atomic E-state index is -0.150. The Hall–Kier alpha value is -0.880. The molecule has 0 radical (unpaired) electrons. The van der Waals surface area contributed by atoms with E-state index in [0.717, 1.165) is 25.9 Å². The number of carbonyl (C=O) groups is 1. The Morgan fingerprint density at radius 3 is 2.63 bits per heavy atom. The summed E-state index contributed by atoms with van der Waals surface area (Å²) in [6, 6.07) is 4.96. The highest BCUT2D eigenvalue weighted by Gasteiger charge is 2.48. The molecule has 0 aromatic heterocycles. The van der Waals surface area contributed by atoms with E-state index in [1.165, 1.54) is 19.3 Å². The monoisotopic (exact) mass is 428 g/mol. The van der Waals surface area contributed by atoms with Crippen molar-refractivity contribution in [2.75, 3.05) is 26.2 Å². The number of rotatable bonds is 6. The van der Waals surface area contributed by atoms with Gasteiger partial charge in [-0.25, -0.2) is 0 Å². The number of halogens is 2. The summed E-state index contributed by atoms with van der Waals surface area (Å²) < 4.78 is 5.54. The van der Waals surface area contributed by atoms with Crippen LogP contribution in [0.4, 0.5) is 0 Å². The number of ether oxygens (including phenoxy) is 1. The van der Waals surface area contributed by atoms with Gasteiger partial charge in [0.1, 0.15) is 0 Å². The highest BCUT2D eigenvalue weighted by atomic mass is 35.5. The van der Waals surface area contributed by atoms with E-state index in [-0.39, 0.29) is 11.4 Å². The second kappa shape index (κ2) is 9.08. The molecule has 1 aliphatic carbocycles. The van der Waals surface area contributed by atoms with Gasteiger partial charge in [-0.3, -0.25) is 9.69 Å². The minimum Gasteiger partial charge on any atom is -0.487 e. The molecule has 1 aromatic rings. The third kappa shape index (κ3) is 5.14. The van der Waals surface area contributed by atoms with Gasteiger partial charge < -0.3 is 10.1 Å². The van der Waals surface area contributed by atoms with Gasteiger partial charge in [-0.05, 0) is 75.1 Å². The van der Waals surface area contributed by atoms with Crippen LogP contribution in [0.25, 0.3) is 0 Å². The fourth-order valence-corrected chi connectivity index (χ4v) is 4.83. The first-order chi connectivity index (χ1) is 12.9. The van der Waals surface area contributed by atoms with E-state index in [9.17, 15) is 4.79 Å².